The van der Waals surface area contributed by atoms with Gasteiger partial charge in [0.25, 0.3) is 0 Å². The van der Waals surface area contributed by atoms with Crippen LogP contribution in [-0.2, 0) is 9.47 Å². The van der Waals surface area contributed by atoms with Crippen LogP contribution >= 0.6 is 0 Å². The van der Waals surface area contributed by atoms with Crippen LogP contribution in [0.2, 0.25) is 0 Å². The number of hydrogen-bond donors (Lipinski definition) is 0. The van der Waals surface area contributed by atoms with E-state index in [2.05, 4.69) is 18.4 Å². The lowest BCUT2D eigenvalue weighted by Gasteiger charge is -2.16. The minimum absolute atomic E-state index is 0.0427. The third kappa shape index (κ3) is 4.23. The molecule has 1 aliphatic heterocycles. The van der Waals surface area contributed by atoms with E-state index in [1.54, 1.807) is 0 Å². The number of hydrogen-bond acceptors (Lipinski definition) is 2. The molecule has 1 saturated heterocycles. The molecular formula is C18H22O2. The highest BCUT2D eigenvalue weighted by Crippen LogP contribution is 2.30. The Kier molecular flexibility index (Phi) is 5.00. The van der Waals surface area contributed by atoms with Gasteiger partial charge in [-0.15, -0.1) is 6.58 Å². The van der Waals surface area contributed by atoms with E-state index in [4.69, 9.17) is 9.47 Å². The van der Waals surface area contributed by atoms with Crippen molar-refractivity contribution in [1.29, 1.82) is 0 Å². The van der Waals surface area contributed by atoms with Crippen molar-refractivity contribution in [2.45, 2.75) is 51.1 Å². The highest BCUT2D eigenvalue weighted by Gasteiger charge is 2.39. The minimum atomic E-state index is -0.547. The maximum Gasteiger partial charge on any atom is 0.165 e. The van der Waals surface area contributed by atoms with Crippen molar-refractivity contribution in [1.82, 2.24) is 0 Å². The molecule has 2 rings (SSSR count). The van der Waals surface area contributed by atoms with Gasteiger partial charge in [-0.05, 0) is 45.2 Å². The Bertz CT molecular complexity index is 493. The van der Waals surface area contributed by atoms with Crippen LogP contribution in [0.1, 0.15) is 38.7 Å². The molecule has 1 heterocycles. The zero-order valence-electron chi connectivity index (χ0n) is 12.3. The Morgan fingerprint density at radius 1 is 1.25 bits per heavy atom. The van der Waals surface area contributed by atoms with Crippen molar-refractivity contribution in [3.63, 3.8) is 0 Å². The zero-order chi connectivity index (χ0) is 14.4. The molecule has 2 heteroatoms. The van der Waals surface area contributed by atoms with Crippen LogP contribution in [0.25, 0.3) is 0 Å². The molecule has 0 aliphatic carbocycles. The smallest absolute Gasteiger partial charge is 0.165 e. The van der Waals surface area contributed by atoms with E-state index in [-0.39, 0.29) is 12.2 Å². The SMILES string of the molecule is C=CCCC[C@@H]1OC(C)(C)O[C@H]1C#Cc1ccccc1. The molecule has 106 valence electrons. The number of ether oxygens (including phenoxy) is 2. The van der Waals surface area contributed by atoms with Crippen molar-refractivity contribution in [2.75, 3.05) is 0 Å². The van der Waals surface area contributed by atoms with E-state index >= 15 is 0 Å². The zero-order valence-corrected chi connectivity index (χ0v) is 12.3. The maximum absolute atomic E-state index is 5.94. The van der Waals surface area contributed by atoms with Gasteiger partial charge in [-0.1, -0.05) is 36.1 Å². The van der Waals surface area contributed by atoms with Gasteiger partial charge in [0, 0.05) is 5.56 Å². The summed E-state index contributed by atoms with van der Waals surface area (Å²) in [6.07, 6.45) is 4.82. The van der Waals surface area contributed by atoms with Crippen molar-refractivity contribution in [2.24, 2.45) is 0 Å². The molecule has 1 aliphatic rings. The Morgan fingerprint density at radius 3 is 2.70 bits per heavy atom. The minimum Gasteiger partial charge on any atom is -0.343 e. The molecule has 0 amide bonds. The molecule has 1 aromatic rings. The average molecular weight is 270 g/mol. The number of unbranched alkanes of at least 4 members (excludes halogenated alkanes) is 1. The van der Waals surface area contributed by atoms with Crippen molar-refractivity contribution < 1.29 is 9.47 Å². The monoisotopic (exact) mass is 270 g/mol. The van der Waals surface area contributed by atoms with Gasteiger partial charge >= 0.3 is 0 Å². The second kappa shape index (κ2) is 6.74. The number of allylic oxidation sites excluding steroid dienone is 1. The maximum atomic E-state index is 5.94. The fraction of sp³-hybridized carbons (Fsp3) is 0.444. The molecule has 2 atom stereocenters. The number of benzene rings is 1. The van der Waals surface area contributed by atoms with E-state index in [0.29, 0.717) is 0 Å². The number of rotatable bonds is 4. The lowest BCUT2D eigenvalue weighted by molar-refractivity contribution is -0.142. The summed E-state index contributed by atoms with van der Waals surface area (Å²) in [6, 6.07) is 9.96. The summed E-state index contributed by atoms with van der Waals surface area (Å²) < 4.78 is 11.8. The topological polar surface area (TPSA) is 18.5 Å². The molecule has 0 spiro atoms. The van der Waals surface area contributed by atoms with E-state index in [9.17, 15) is 0 Å². The van der Waals surface area contributed by atoms with Crippen LogP contribution in [-0.4, -0.2) is 18.0 Å². The quantitative estimate of drug-likeness (QED) is 0.469. The van der Waals surface area contributed by atoms with Crippen LogP contribution in [0.4, 0.5) is 0 Å². The summed E-state index contributed by atoms with van der Waals surface area (Å²) in [6.45, 7) is 7.63. The molecule has 20 heavy (non-hydrogen) atoms. The fourth-order valence-corrected chi connectivity index (χ4v) is 2.31. The van der Waals surface area contributed by atoms with Crippen LogP contribution in [0.3, 0.4) is 0 Å². The van der Waals surface area contributed by atoms with E-state index in [0.717, 1.165) is 24.8 Å². The lowest BCUT2D eigenvalue weighted by atomic mass is 10.1. The van der Waals surface area contributed by atoms with Gasteiger partial charge in [0.2, 0.25) is 0 Å². The molecule has 0 radical (unpaired) electrons. The Morgan fingerprint density at radius 2 is 2.00 bits per heavy atom. The van der Waals surface area contributed by atoms with Gasteiger partial charge in [0.1, 0.15) is 6.10 Å². The molecule has 0 N–H and O–H groups in total. The van der Waals surface area contributed by atoms with Gasteiger partial charge < -0.3 is 9.47 Å². The van der Waals surface area contributed by atoms with Gasteiger partial charge in [-0.2, -0.15) is 0 Å². The third-order valence-corrected chi connectivity index (χ3v) is 3.21. The molecule has 0 bridgehead atoms. The molecule has 0 unspecified atom stereocenters. The first-order chi connectivity index (χ1) is 9.61. The molecule has 1 fully saturated rings. The molecule has 2 nitrogen and oxygen atoms in total. The van der Waals surface area contributed by atoms with Crippen LogP contribution in [0, 0.1) is 11.8 Å². The summed E-state index contributed by atoms with van der Waals surface area (Å²) in [5, 5.41) is 0. The summed E-state index contributed by atoms with van der Waals surface area (Å²) in [5.74, 6) is 5.83. The molecule has 0 saturated carbocycles. The van der Waals surface area contributed by atoms with Crippen LogP contribution in [0.5, 0.6) is 0 Å². The Hall–Kier alpha value is -1.56. The molecule has 1 aromatic carbocycles. The predicted molar refractivity (Wildman–Crippen MR) is 81.2 cm³/mol. The summed E-state index contributed by atoms with van der Waals surface area (Å²) in [4.78, 5) is 0. The summed E-state index contributed by atoms with van der Waals surface area (Å²) in [5.41, 5.74) is 1.01. The summed E-state index contributed by atoms with van der Waals surface area (Å²) in [7, 11) is 0. The first-order valence-electron chi connectivity index (χ1n) is 7.14. The predicted octanol–water partition coefficient (Wildman–Crippen LogP) is 3.91. The largest absolute Gasteiger partial charge is 0.343 e. The highest BCUT2D eigenvalue weighted by atomic mass is 16.7. The Labute approximate surface area is 121 Å². The van der Waals surface area contributed by atoms with Crippen molar-refractivity contribution in [3.8, 4) is 11.8 Å². The molecule has 0 aromatic heterocycles. The normalized spacial score (nSPS) is 23.9. The average Bonchev–Trinajstić information content (AvgIpc) is 2.72. The first-order valence-corrected chi connectivity index (χ1v) is 7.14. The fourth-order valence-electron chi connectivity index (χ4n) is 2.31. The second-order valence-electron chi connectivity index (χ2n) is 5.45. The van der Waals surface area contributed by atoms with Gasteiger partial charge in [0.15, 0.2) is 5.79 Å². The Balaban J connectivity index is 2.03. The summed E-state index contributed by atoms with van der Waals surface area (Å²) >= 11 is 0. The lowest BCUT2D eigenvalue weighted by Crippen LogP contribution is -2.21. The van der Waals surface area contributed by atoms with Crippen LogP contribution in [0.15, 0.2) is 43.0 Å². The van der Waals surface area contributed by atoms with Crippen molar-refractivity contribution >= 4 is 0 Å². The second-order valence-corrected chi connectivity index (χ2v) is 5.45. The van der Waals surface area contributed by atoms with Crippen LogP contribution < -0.4 is 0 Å². The van der Waals surface area contributed by atoms with Gasteiger partial charge in [-0.25, -0.2) is 0 Å². The van der Waals surface area contributed by atoms with E-state index in [1.165, 1.54) is 0 Å². The van der Waals surface area contributed by atoms with E-state index in [1.807, 2.05) is 50.3 Å². The van der Waals surface area contributed by atoms with Gasteiger partial charge in [-0.3, -0.25) is 0 Å². The third-order valence-electron chi connectivity index (χ3n) is 3.21. The van der Waals surface area contributed by atoms with Crippen molar-refractivity contribution in [3.05, 3.63) is 48.6 Å². The van der Waals surface area contributed by atoms with Gasteiger partial charge in [0.05, 0.1) is 6.10 Å². The standard InChI is InChI=1S/C18H22O2/c1-4-5-7-12-16-17(20-18(2,3)19-16)14-13-15-10-8-6-9-11-15/h4,6,8-11,16-17H,1,5,7,12H2,2-3H3/t16-,17-/m0/s1. The van der Waals surface area contributed by atoms with E-state index < -0.39 is 5.79 Å². The first kappa shape index (κ1) is 14.8. The highest BCUT2D eigenvalue weighted by molar-refractivity contribution is 5.35. The molecular weight excluding hydrogens is 248 g/mol.